The average Bonchev–Trinajstić information content (AvgIpc) is 2.27. The fourth-order valence-corrected chi connectivity index (χ4v) is 1.68. The minimum Gasteiger partial charge on any atom is -0.284 e. The van der Waals surface area contributed by atoms with Crippen LogP contribution in [0.2, 0.25) is 0 Å². The van der Waals surface area contributed by atoms with Gasteiger partial charge < -0.3 is 0 Å². The third-order valence-corrected chi connectivity index (χ3v) is 2.82. The maximum atomic E-state index is 12.0. The molecule has 2 heterocycles. The van der Waals surface area contributed by atoms with E-state index in [0.717, 1.165) is 22.5 Å². The molecule has 0 N–H and O–H groups in total. The highest BCUT2D eigenvalue weighted by Gasteiger charge is 2.06. The van der Waals surface area contributed by atoms with Crippen LogP contribution in [0, 0.1) is 20.8 Å². The summed E-state index contributed by atoms with van der Waals surface area (Å²) in [5.41, 5.74) is 3.66. The number of pyridine rings is 2. The first-order valence-electron chi connectivity index (χ1n) is 5.22. The molecule has 0 aromatic carbocycles. The van der Waals surface area contributed by atoms with Gasteiger partial charge in [-0.3, -0.25) is 14.3 Å². The van der Waals surface area contributed by atoms with Gasteiger partial charge in [-0.15, -0.1) is 0 Å². The van der Waals surface area contributed by atoms with E-state index in [-0.39, 0.29) is 5.56 Å². The van der Waals surface area contributed by atoms with Crippen LogP contribution in [0.1, 0.15) is 16.8 Å². The zero-order chi connectivity index (χ0) is 11.7. The van der Waals surface area contributed by atoms with E-state index in [0.29, 0.717) is 0 Å². The fourth-order valence-electron chi connectivity index (χ4n) is 1.68. The van der Waals surface area contributed by atoms with E-state index >= 15 is 0 Å². The second-order valence-corrected chi connectivity index (χ2v) is 3.91. The third kappa shape index (κ3) is 1.65. The molecular formula is C13H14N2O. The molecule has 0 fully saturated rings. The minimum absolute atomic E-state index is 0.0243. The zero-order valence-corrected chi connectivity index (χ0v) is 9.69. The molecule has 2 aromatic rings. The van der Waals surface area contributed by atoms with Gasteiger partial charge in [-0.25, -0.2) is 0 Å². The van der Waals surface area contributed by atoms with Gasteiger partial charge in [0, 0.05) is 23.7 Å². The SMILES string of the molecule is Cc1nccc(-n2cccc(C)c2=O)c1C. The van der Waals surface area contributed by atoms with Crippen LogP contribution in [0.4, 0.5) is 0 Å². The van der Waals surface area contributed by atoms with Crippen molar-refractivity contribution in [3.63, 3.8) is 0 Å². The Morgan fingerprint density at radius 1 is 1.19 bits per heavy atom. The lowest BCUT2D eigenvalue weighted by Gasteiger charge is -2.10. The van der Waals surface area contributed by atoms with Crippen molar-refractivity contribution in [3.8, 4) is 5.69 Å². The lowest BCUT2D eigenvalue weighted by atomic mass is 10.2. The van der Waals surface area contributed by atoms with Gasteiger partial charge >= 0.3 is 0 Å². The molecule has 3 heteroatoms. The molecule has 0 bridgehead atoms. The maximum Gasteiger partial charge on any atom is 0.257 e. The van der Waals surface area contributed by atoms with E-state index in [4.69, 9.17) is 0 Å². The second-order valence-electron chi connectivity index (χ2n) is 3.91. The summed E-state index contributed by atoms with van der Waals surface area (Å²) in [6, 6.07) is 5.57. The normalized spacial score (nSPS) is 10.4. The highest BCUT2D eigenvalue weighted by molar-refractivity contribution is 5.42. The molecule has 0 aliphatic heterocycles. The molecule has 0 unspecified atom stereocenters. The summed E-state index contributed by atoms with van der Waals surface area (Å²) in [5, 5.41) is 0. The van der Waals surface area contributed by atoms with E-state index in [2.05, 4.69) is 4.98 Å². The number of hydrogen-bond donors (Lipinski definition) is 0. The molecular weight excluding hydrogens is 200 g/mol. The van der Waals surface area contributed by atoms with Crippen LogP contribution in [0.3, 0.4) is 0 Å². The highest BCUT2D eigenvalue weighted by Crippen LogP contribution is 2.13. The summed E-state index contributed by atoms with van der Waals surface area (Å²) in [6.45, 7) is 5.74. The van der Waals surface area contributed by atoms with E-state index in [1.54, 1.807) is 17.0 Å². The first kappa shape index (κ1) is 10.6. The summed E-state index contributed by atoms with van der Waals surface area (Å²) in [5.74, 6) is 0. The van der Waals surface area contributed by atoms with Crippen molar-refractivity contribution in [1.29, 1.82) is 0 Å². The molecule has 2 aromatic heterocycles. The zero-order valence-electron chi connectivity index (χ0n) is 9.69. The molecule has 0 atom stereocenters. The Kier molecular flexibility index (Phi) is 2.60. The Bertz CT molecular complexity index is 585. The standard InChI is InChI=1S/C13H14N2O/c1-9-5-4-8-15(13(9)16)12-6-7-14-11(3)10(12)2/h4-8H,1-3H3. The molecule has 82 valence electrons. The predicted octanol–water partition coefficient (Wildman–Crippen LogP) is 2.16. The maximum absolute atomic E-state index is 12.0. The molecule has 16 heavy (non-hydrogen) atoms. The molecule has 0 aliphatic rings. The molecule has 0 radical (unpaired) electrons. The summed E-state index contributed by atoms with van der Waals surface area (Å²) in [4.78, 5) is 16.2. The first-order chi connectivity index (χ1) is 7.61. The Labute approximate surface area is 94.4 Å². The van der Waals surface area contributed by atoms with Crippen molar-refractivity contribution in [3.05, 3.63) is 57.8 Å². The molecule has 2 rings (SSSR count). The van der Waals surface area contributed by atoms with Crippen LogP contribution >= 0.6 is 0 Å². The lowest BCUT2D eigenvalue weighted by molar-refractivity contribution is 0.944. The van der Waals surface area contributed by atoms with Crippen LogP contribution in [-0.2, 0) is 0 Å². The smallest absolute Gasteiger partial charge is 0.257 e. The van der Waals surface area contributed by atoms with Gasteiger partial charge in [0.25, 0.3) is 5.56 Å². The van der Waals surface area contributed by atoms with Crippen LogP contribution in [0.5, 0.6) is 0 Å². The summed E-state index contributed by atoms with van der Waals surface area (Å²) >= 11 is 0. The van der Waals surface area contributed by atoms with Gasteiger partial charge in [0.2, 0.25) is 0 Å². The highest BCUT2D eigenvalue weighted by atomic mass is 16.1. The van der Waals surface area contributed by atoms with E-state index in [9.17, 15) is 4.79 Å². The molecule has 0 amide bonds. The first-order valence-corrected chi connectivity index (χ1v) is 5.22. The number of aromatic nitrogens is 2. The van der Waals surface area contributed by atoms with Crippen molar-refractivity contribution < 1.29 is 0 Å². The van der Waals surface area contributed by atoms with Gasteiger partial charge in [-0.2, -0.15) is 0 Å². The van der Waals surface area contributed by atoms with Crippen molar-refractivity contribution in [1.82, 2.24) is 9.55 Å². The predicted molar refractivity (Wildman–Crippen MR) is 64.0 cm³/mol. The van der Waals surface area contributed by atoms with Gasteiger partial charge in [0.1, 0.15) is 0 Å². The van der Waals surface area contributed by atoms with Crippen molar-refractivity contribution >= 4 is 0 Å². The lowest BCUT2D eigenvalue weighted by Crippen LogP contribution is -2.20. The number of rotatable bonds is 1. The van der Waals surface area contributed by atoms with Crippen LogP contribution in [0.15, 0.2) is 35.4 Å². The van der Waals surface area contributed by atoms with E-state index in [1.807, 2.05) is 39.0 Å². The molecule has 0 aliphatic carbocycles. The van der Waals surface area contributed by atoms with E-state index < -0.39 is 0 Å². The summed E-state index contributed by atoms with van der Waals surface area (Å²) in [6.07, 6.45) is 3.52. The second kappa shape index (κ2) is 3.93. The average molecular weight is 214 g/mol. The van der Waals surface area contributed by atoms with Gasteiger partial charge in [-0.1, -0.05) is 6.07 Å². The summed E-state index contributed by atoms with van der Waals surface area (Å²) in [7, 11) is 0. The van der Waals surface area contributed by atoms with Crippen LogP contribution < -0.4 is 5.56 Å². The molecule has 3 nitrogen and oxygen atoms in total. The van der Waals surface area contributed by atoms with Crippen LogP contribution in [-0.4, -0.2) is 9.55 Å². The van der Waals surface area contributed by atoms with Crippen molar-refractivity contribution in [2.45, 2.75) is 20.8 Å². The topological polar surface area (TPSA) is 34.9 Å². The Hall–Kier alpha value is -1.90. The minimum atomic E-state index is 0.0243. The quantitative estimate of drug-likeness (QED) is 0.729. The number of aryl methyl sites for hydroxylation is 2. The fraction of sp³-hybridized carbons (Fsp3) is 0.231. The van der Waals surface area contributed by atoms with Gasteiger partial charge in [0.15, 0.2) is 0 Å². The monoisotopic (exact) mass is 214 g/mol. The van der Waals surface area contributed by atoms with E-state index in [1.165, 1.54) is 0 Å². The summed E-state index contributed by atoms with van der Waals surface area (Å²) < 4.78 is 1.67. The van der Waals surface area contributed by atoms with Gasteiger partial charge in [-0.05, 0) is 38.5 Å². The number of nitrogens with zero attached hydrogens (tertiary/aromatic N) is 2. The van der Waals surface area contributed by atoms with Gasteiger partial charge in [0.05, 0.1) is 5.69 Å². The van der Waals surface area contributed by atoms with Crippen molar-refractivity contribution in [2.24, 2.45) is 0 Å². The Morgan fingerprint density at radius 3 is 2.69 bits per heavy atom. The Balaban J connectivity index is 2.73. The molecule has 0 spiro atoms. The molecule has 0 saturated heterocycles. The largest absolute Gasteiger partial charge is 0.284 e. The third-order valence-electron chi connectivity index (χ3n) is 2.82. The molecule has 0 saturated carbocycles. The number of hydrogen-bond acceptors (Lipinski definition) is 2. The van der Waals surface area contributed by atoms with Crippen molar-refractivity contribution in [2.75, 3.05) is 0 Å². The Morgan fingerprint density at radius 2 is 1.94 bits per heavy atom. The van der Waals surface area contributed by atoms with Crippen LogP contribution in [0.25, 0.3) is 5.69 Å².